The summed E-state index contributed by atoms with van der Waals surface area (Å²) in [5.74, 6) is 2.32. The molecule has 2 aromatic rings. The molecule has 5 nitrogen and oxygen atoms in total. The molecule has 0 fully saturated rings. The van der Waals surface area contributed by atoms with E-state index in [1.54, 1.807) is 0 Å². The van der Waals surface area contributed by atoms with Crippen LogP contribution in [0.15, 0.2) is 71.7 Å². The molecule has 0 saturated heterocycles. The molecule has 0 atom stereocenters. The van der Waals surface area contributed by atoms with Crippen molar-refractivity contribution in [3.63, 3.8) is 0 Å². The summed E-state index contributed by atoms with van der Waals surface area (Å²) in [5.41, 5.74) is 3.93. The topological polar surface area (TPSA) is 61.8 Å². The van der Waals surface area contributed by atoms with Crippen LogP contribution in [0, 0.1) is 0 Å². The third-order valence-corrected chi connectivity index (χ3v) is 7.30. The lowest BCUT2D eigenvalue weighted by Gasteiger charge is -2.36. The average molecular weight is 519 g/mol. The number of halogens is 1. The Morgan fingerprint density at radius 3 is 2.32 bits per heavy atom. The van der Waals surface area contributed by atoms with Crippen LogP contribution in [0.2, 0.25) is 5.02 Å². The van der Waals surface area contributed by atoms with Gasteiger partial charge in [0.25, 0.3) is 0 Å². The van der Waals surface area contributed by atoms with Crippen LogP contribution in [-0.2, 0) is 27.4 Å². The highest BCUT2D eigenvalue weighted by Crippen LogP contribution is 2.49. The summed E-state index contributed by atoms with van der Waals surface area (Å²) in [6.45, 7) is 6.63. The maximum Gasteiger partial charge on any atom is 0.165 e. The summed E-state index contributed by atoms with van der Waals surface area (Å²) >= 11 is 6.16. The summed E-state index contributed by atoms with van der Waals surface area (Å²) in [4.78, 5) is 26.4. The third kappa shape index (κ3) is 5.10. The lowest BCUT2D eigenvalue weighted by atomic mass is 9.73. The predicted molar refractivity (Wildman–Crippen MR) is 143 cm³/mol. The van der Waals surface area contributed by atoms with Gasteiger partial charge in [-0.2, -0.15) is 0 Å². The first-order valence-electron chi connectivity index (χ1n) is 13.0. The highest BCUT2D eigenvalue weighted by Gasteiger charge is 2.42. The quantitative estimate of drug-likeness (QED) is 0.346. The first-order valence-corrected chi connectivity index (χ1v) is 13.4. The van der Waals surface area contributed by atoms with Crippen molar-refractivity contribution in [3.8, 4) is 11.5 Å². The van der Waals surface area contributed by atoms with Crippen LogP contribution < -0.4 is 9.47 Å². The fraction of sp³-hybridized carbons (Fsp3) is 0.355. The van der Waals surface area contributed by atoms with Crippen molar-refractivity contribution in [2.45, 2.75) is 64.4 Å². The molecule has 0 radical (unpaired) electrons. The molecule has 0 N–H and O–H groups in total. The number of hydrogen-bond acceptors (Lipinski definition) is 5. The van der Waals surface area contributed by atoms with Gasteiger partial charge in [-0.3, -0.25) is 9.59 Å². The zero-order chi connectivity index (χ0) is 25.9. The minimum absolute atomic E-state index is 0.0562. The van der Waals surface area contributed by atoms with E-state index < -0.39 is 5.92 Å². The molecule has 3 aliphatic rings. The highest BCUT2D eigenvalue weighted by molar-refractivity contribution is 6.30. The van der Waals surface area contributed by atoms with E-state index in [1.165, 1.54) is 0 Å². The van der Waals surface area contributed by atoms with E-state index in [4.69, 9.17) is 25.8 Å². The van der Waals surface area contributed by atoms with Gasteiger partial charge in [0.2, 0.25) is 0 Å². The lowest BCUT2D eigenvalue weighted by Crippen LogP contribution is -2.30. The monoisotopic (exact) mass is 518 g/mol. The van der Waals surface area contributed by atoms with Crippen molar-refractivity contribution in [3.05, 3.63) is 93.4 Å². The second-order valence-corrected chi connectivity index (χ2v) is 10.1. The van der Waals surface area contributed by atoms with Crippen LogP contribution in [0.5, 0.6) is 11.5 Å². The Kier molecular flexibility index (Phi) is 7.52. The van der Waals surface area contributed by atoms with Crippen molar-refractivity contribution < 1.29 is 23.8 Å². The minimum atomic E-state index is -0.455. The molecule has 5 rings (SSSR count). The molecule has 192 valence electrons. The third-order valence-electron chi connectivity index (χ3n) is 7.06. The molecule has 2 aromatic carbocycles. The van der Waals surface area contributed by atoms with E-state index in [2.05, 4.69) is 6.58 Å². The van der Waals surface area contributed by atoms with Crippen molar-refractivity contribution in [2.75, 3.05) is 6.61 Å². The van der Waals surface area contributed by atoms with Crippen LogP contribution in [-0.4, -0.2) is 18.2 Å². The fourth-order valence-corrected chi connectivity index (χ4v) is 5.73. The Labute approximate surface area is 222 Å². The van der Waals surface area contributed by atoms with Crippen LogP contribution >= 0.6 is 11.6 Å². The van der Waals surface area contributed by atoms with Gasteiger partial charge in [-0.1, -0.05) is 35.9 Å². The standard InChI is InChI=1S/C31H31ClO5/c1-3-8-20-16-21(17-27(35-4-2)31(20)36-18-19-9-5-10-22(32)15-19)28-29-23(33)11-6-13-25(29)37-26-14-7-12-24(34)30(26)28/h3,5,9-10,15-17,28H,1,4,6-8,11-14,18H2,2H3. The second kappa shape index (κ2) is 11.0. The summed E-state index contributed by atoms with van der Waals surface area (Å²) in [6, 6.07) is 11.5. The number of allylic oxidation sites excluding steroid dienone is 5. The van der Waals surface area contributed by atoms with Crippen molar-refractivity contribution >= 4 is 23.2 Å². The normalized spacial score (nSPS) is 17.8. The molecule has 0 amide bonds. The smallest absolute Gasteiger partial charge is 0.165 e. The summed E-state index contributed by atoms with van der Waals surface area (Å²) in [5, 5.41) is 0.648. The van der Waals surface area contributed by atoms with E-state index in [0.29, 0.717) is 73.0 Å². The van der Waals surface area contributed by atoms with E-state index in [0.717, 1.165) is 41.1 Å². The van der Waals surface area contributed by atoms with Crippen LogP contribution in [0.25, 0.3) is 0 Å². The number of ether oxygens (including phenoxy) is 3. The number of carbonyl (C=O) groups is 2. The van der Waals surface area contributed by atoms with E-state index in [1.807, 2.05) is 49.4 Å². The van der Waals surface area contributed by atoms with E-state index >= 15 is 0 Å². The van der Waals surface area contributed by atoms with E-state index in [-0.39, 0.29) is 11.6 Å². The molecule has 37 heavy (non-hydrogen) atoms. The maximum absolute atomic E-state index is 13.2. The number of hydrogen-bond donors (Lipinski definition) is 0. The number of benzene rings is 2. The Morgan fingerprint density at radius 1 is 1.00 bits per heavy atom. The Hall–Kier alpha value is -3.31. The second-order valence-electron chi connectivity index (χ2n) is 9.61. The number of Topliss-reactive ketones (excluding diaryl/α,β-unsaturated/α-hetero) is 2. The van der Waals surface area contributed by atoms with Gasteiger partial charge in [-0.25, -0.2) is 0 Å². The first-order chi connectivity index (χ1) is 18.0. The van der Waals surface area contributed by atoms with Crippen LogP contribution in [0.4, 0.5) is 0 Å². The predicted octanol–water partition coefficient (Wildman–Crippen LogP) is 7.17. The van der Waals surface area contributed by atoms with Gasteiger partial charge in [0.1, 0.15) is 18.1 Å². The van der Waals surface area contributed by atoms with Gasteiger partial charge in [-0.15, -0.1) is 6.58 Å². The molecule has 0 unspecified atom stereocenters. The maximum atomic E-state index is 13.2. The number of ketones is 2. The number of rotatable bonds is 8. The molecule has 0 aromatic heterocycles. The number of carbonyl (C=O) groups excluding carboxylic acids is 2. The summed E-state index contributed by atoms with van der Waals surface area (Å²) in [7, 11) is 0. The van der Waals surface area contributed by atoms with Gasteiger partial charge < -0.3 is 14.2 Å². The van der Waals surface area contributed by atoms with Crippen molar-refractivity contribution in [1.82, 2.24) is 0 Å². The molecular weight excluding hydrogens is 488 g/mol. The van der Waals surface area contributed by atoms with Gasteiger partial charge >= 0.3 is 0 Å². The molecule has 0 bridgehead atoms. The fourth-order valence-electron chi connectivity index (χ4n) is 5.52. The molecule has 1 aliphatic heterocycles. The zero-order valence-electron chi connectivity index (χ0n) is 21.1. The minimum Gasteiger partial charge on any atom is -0.490 e. The lowest BCUT2D eigenvalue weighted by molar-refractivity contribution is -0.117. The van der Waals surface area contributed by atoms with Crippen LogP contribution in [0.3, 0.4) is 0 Å². The molecule has 6 heteroatoms. The molecule has 1 heterocycles. The van der Waals surface area contributed by atoms with Crippen LogP contribution in [0.1, 0.15) is 68.1 Å². The Morgan fingerprint density at radius 2 is 1.70 bits per heavy atom. The van der Waals surface area contributed by atoms with E-state index in [9.17, 15) is 9.59 Å². The molecule has 0 spiro atoms. The average Bonchev–Trinajstić information content (AvgIpc) is 2.88. The molecular formula is C31H31ClO5. The first kappa shape index (κ1) is 25.3. The van der Waals surface area contributed by atoms with Gasteiger partial charge in [0.15, 0.2) is 23.1 Å². The Bertz CT molecular complexity index is 1280. The summed E-state index contributed by atoms with van der Waals surface area (Å²) in [6.07, 6.45) is 6.25. The van der Waals surface area contributed by atoms with Crippen molar-refractivity contribution in [1.29, 1.82) is 0 Å². The van der Waals surface area contributed by atoms with Crippen molar-refractivity contribution in [2.24, 2.45) is 0 Å². The Balaban J connectivity index is 1.62. The highest BCUT2D eigenvalue weighted by atomic mass is 35.5. The SMILES string of the molecule is C=CCc1cc(C2C3=C(CCCC3=O)OC3=C2C(=O)CCC3)cc(OCC)c1OCc1cccc(Cl)c1. The van der Waals surface area contributed by atoms with Gasteiger partial charge in [-0.05, 0) is 55.5 Å². The zero-order valence-corrected chi connectivity index (χ0v) is 21.9. The largest absolute Gasteiger partial charge is 0.490 e. The molecule has 0 saturated carbocycles. The van der Waals surface area contributed by atoms with Gasteiger partial charge in [0.05, 0.1) is 6.61 Å². The van der Waals surface area contributed by atoms with Gasteiger partial charge in [0, 0.05) is 53.3 Å². The summed E-state index contributed by atoms with van der Waals surface area (Å²) < 4.78 is 18.6. The molecule has 2 aliphatic carbocycles.